The number of carbonyl (C=O) groups excluding carboxylic acids is 1. The summed E-state index contributed by atoms with van der Waals surface area (Å²) in [5.74, 6) is 0.592. The highest BCUT2D eigenvalue weighted by Crippen LogP contribution is 2.29. The first-order valence-electron chi connectivity index (χ1n) is 13.1. The van der Waals surface area contributed by atoms with E-state index in [1.807, 2.05) is 49.8 Å². The zero-order valence-electron chi connectivity index (χ0n) is 22.2. The van der Waals surface area contributed by atoms with Crippen molar-refractivity contribution in [3.8, 4) is 16.9 Å². The maximum absolute atomic E-state index is 12.9. The van der Waals surface area contributed by atoms with Gasteiger partial charge in [0.05, 0.1) is 18.2 Å². The number of halogens is 2. The highest BCUT2D eigenvalue weighted by atomic mass is 19.3. The molecule has 0 bridgehead atoms. The van der Waals surface area contributed by atoms with E-state index in [4.69, 9.17) is 14.5 Å². The van der Waals surface area contributed by atoms with E-state index in [1.165, 1.54) is 0 Å². The molecule has 1 aromatic carbocycles. The quantitative estimate of drug-likeness (QED) is 0.280. The number of para-hydroxylation sites is 1. The van der Waals surface area contributed by atoms with Crippen LogP contribution in [0, 0.1) is 19.8 Å². The summed E-state index contributed by atoms with van der Waals surface area (Å²) < 4.78 is 37.8. The molecule has 0 unspecified atom stereocenters. The molecular weight excluding hydrogens is 504 g/mol. The van der Waals surface area contributed by atoms with Crippen molar-refractivity contribution in [1.82, 2.24) is 19.4 Å². The van der Waals surface area contributed by atoms with Crippen LogP contribution in [0.3, 0.4) is 0 Å². The number of aromatic nitrogens is 4. The number of pyridine rings is 1. The number of rotatable bonds is 8. The SMILES string of the molecule is CCOC(=O)C1CCN(c2ncc(-c3cn4c(Cc5ccccc5OC(F)F)c(C)nc4cc3C)cn2)CC1. The normalized spacial score (nSPS) is 14.3. The lowest BCUT2D eigenvalue weighted by Gasteiger charge is -2.30. The standard InChI is InChI=1S/C29H31F2N5O3/c1-4-38-27(37)20-9-11-35(12-10-20)29-32-15-22(16-33-29)23-17-36-24(19(3)34-26(36)13-18(23)2)14-21-7-5-6-8-25(21)39-28(30)31/h5-8,13,15-17,20,28H,4,9-12,14H2,1-3H3. The largest absolute Gasteiger partial charge is 0.466 e. The van der Waals surface area contributed by atoms with E-state index in [-0.39, 0.29) is 17.6 Å². The molecule has 0 spiro atoms. The lowest BCUT2D eigenvalue weighted by atomic mass is 9.97. The van der Waals surface area contributed by atoms with Crippen molar-refractivity contribution >= 4 is 17.6 Å². The van der Waals surface area contributed by atoms with Gasteiger partial charge in [-0.25, -0.2) is 15.0 Å². The number of anilines is 1. The minimum atomic E-state index is -2.89. The number of hydrogen-bond acceptors (Lipinski definition) is 7. The first kappa shape index (κ1) is 26.5. The van der Waals surface area contributed by atoms with E-state index in [1.54, 1.807) is 24.3 Å². The molecule has 4 heterocycles. The number of carbonyl (C=O) groups is 1. The minimum absolute atomic E-state index is 0.0726. The Morgan fingerprint density at radius 2 is 1.85 bits per heavy atom. The Balaban J connectivity index is 1.39. The van der Waals surface area contributed by atoms with Crippen molar-refractivity contribution in [2.75, 3.05) is 24.6 Å². The third kappa shape index (κ3) is 5.69. The van der Waals surface area contributed by atoms with Crippen LogP contribution in [0.2, 0.25) is 0 Å². The van der Waals surface area contributed by atoms with E-state index in [2.05, 4.69) is 14.9 Å². The maximum atomic E-state index is 12.9. The molecule has 0 saturated carbocycles. The molecule has 3 aromatic heterocycles. The number of aryl methyl sites for hydroxylation is 2. The molecule has 0 amide bonds. The lowest BCUT2D eigenvalue weighted by molar-refractivity contribution is -0.148. The second-order valence-corrected chi connectivity index (χ2v) is 9.69. The number of benzene rings is 1. The Morgan fingerprint density at radius 3 is 2.54 bits per heavy atom. The summed E-state index contributed by atoms with van der Waals surface area (Å²) in [6.07, 6.45) is 7.43. The van der Waals surface area contributed by atoms with Gasteiger partial charge in [0.25, 0.3) is 0 Å². The van der Waals surface area contributed by atoms with Crippen molar-refractivity contribution in [2.45, 2.75) is 46.6 Å². The average molecular weight is 536 g/mol. The van der Waals surface area contributed by atoms with E-state index in [0.717, 1.165) is 33.7 Å². The number of imidazole rings is 1. The smallest absolute Gasteiger partial charge is 0.387 e. The minimum Gasteiger partial charge on any atom is -0.466 e. The molecule has 1 aliphatic rings. The summed E-state index contributed by atoms with van der Waals surface area (Å²) in [4.78, 5) is 28.1. The molecule has 5 rings (SSSR count). The molecular formula is C29H31F2N5O3. The first-order valence-corrected chi connectivity index (χ1v) is 13.1. The number of alkyl halides is 2. The van der Waals surface area contributed by atoms with Crippen LogP contribution in [0.1, 0.15) is 42.3 Å². The van der Waals surface area contributed by atoms with E-state index < -0.39 is 6.61 Å². The maximum Gasteiger partial charge on any atom is 0.387 e. The Bertz CT molecular complexity index is 1460. The fourth-order valence-corrected chi connectivity index (χ4v) is 5.11. The topological polar surface area (TPSA) is 81.9 Å². The summed E-state index contributed by atoms with van der Waals surface area (Å²) in [5.41, 5.74) is 5.97. The van der Waals surface area contributed by atoms with Gasteiger partial charge >= 0.3 is 12.6 Å². The summed E-state index contributed by atoms with van der Waals surface area (Å²) in [5, 5.41) is 0. The monoisotopic (exact) mass is 535 g/mol. The Kier molecular flexibility index (Phi) is 7.72. The third-order valence-electron chi connectivity index (χ3n) is 7.16. The van der Waals surface area contributed by atoms with Crippen molar-refractivity contribution in [2.24, 2.45) is 5.92 Å². The number of ether oxygens (including phenoxy) is 2. The van der Waals surface area contributed by atoms with Crippen molar-refractivity contribution in [1.29, 1.82) is 0 Å². The molecule has 0 atom stereocenters. The lowest BCUT2D eigenvalue weighted by Crippen LogP contribution is -2.37. The van der Waals surface area contributed by atoms with Crippen LogP contribution in [-0.4, -0.2) is 51.6 Å². The predicted octanol–water partition coefficient (Wildman–Crippen LogP) is 5.38. The zero-order valence-corrected chi connectivity index (χ0v) is 22.2. The Morgan fingerprint density at radius 1 is 1.13 bits per heavy atom. The van der Waals surface area contributed by atoms with Crippen LogP contribution in [-0.2, 0) is 16.0 Å². The van der Waals surface area contributed by atoms with Gasteiger partial charge in [0, 0.05) is 60.5 Å². The fourth-order valence-electron chi connectivity index (χ4n) is 5.11. The second-order valence-electron chi connectivity index (χ2n) is 9.69. The highest BCUT2D eigenvalue weighted by Gasteiger charge is 2.27. The Labute approximate surface area is 225 Å². The summed E-state index contributed by atoms with van der Waals surface area (Å²) in [6.45, 7) is 4.65. The van der Waals surface area contributed by atoms with Gasteiger partial charge in [-0.3, -0.25) is 4.79 Å². The van der Waals surface area contributed by atoms with Gasteiger partial charge in [0.2, 0.25) is 5.95 Å². The van der Waals surface area contributed by atoms with E-state index in [9.17, 15) is 13.6 Å². The van der Waals surface area contributed by atoms with Crippen LogP contribution >= 0.6 is 0 Å². The van der Waals surface area contributed by atoms with Crippen LogP contribution in [0.25, 0.3) is 16.8 Å². The van der Waals surface area contributed by atoms with Crippen LogP contribution < -0.4 is 9.64 Å². The highest BCUT2D eigenvalue weighted by molar-refractivity contribution is 5.73. The average Bonchev–Trinajstić information content (AvgIpc) is 3.22. The molecule has 4 aromatic rings. The van der Waals surface area contributed by atoms with Gasteiger partial charge in [-0.2, -0.15) is 8.78 Å². The summed E-state index contributed by atoms with van der Waals surface area (Å²) >= 11 is 0. The van der Waals surface area contributed by atoms with Crippen LogP contribution in [0.15, 0.2) is 48.9 Å². The van der Waals surface area contributed by atoms with Gasteiger partial charge in [-0.05, 0) is 51.3 Å². The molecule has 0 aliphatic carbocycles. The molecule has 0 radical (unpaired) electrons. The van der Waals surface area contributed by atoms with Gasteiger partial charge in [0.15, 0.2) is 0 Å². The number of piperidine rings is 1. The number of esters is 1. The molecule has 1 fully saturated rings. The predicted molar refractivity (Wildman–Crippen MR) is 143 cm³/mol. The molecule has 0 N–H and O–H groups in total. The third-order valence-corrected chi connectivity index (χ3v) is 7.16. The summed E-state index contributed by atoms with van der Waals surface area (Å²) in [6, 6.07) is 8.82. The van der Waals surface area contributed by atoms with Gasteiger partial charge in [0.1, 0.15) is 11.4 Å². The zero-order chi connectivity index (χ0) is 27.5. The number of nitrogens with zero attached hydrogens (tertiary/aromatic N) is 5. The molecule has 1 saturated heterocycles. The molecule has 1 aliphatic heterocycles. The Hall–Kier alpha value is -4.08. The van der Waals surface area contributed by atoms with Crippen molar-refractivity contribution in [3.63, 3.8) is 0 Å². The number of fused-ring (bicyclic) bond motifs is 1. The number of hydrogen-bond donors (Lipinski definition) is 0. The fraction of sp³-hybridized carbons (Fsp3) is 0.379. The van der Waals surface area contributed by atoms with E-state index in [0.29, 0.717) is 50.5 Å². The second kappa shape index (κ2) is 11.3. The summed E-state index contributed by atoms with van der Waals surface area (Å²) in [7, 11) is 0. The molecule has 8 nitrogen and oxygen atoms in total. The van der Waals surface area contributed by atoms with Gasteiger partial charge in [-0.1, -0.05) is 18.2 Å². The van der Waals surface area contributed by atoms with Gasteiger partial charge < -0.3 is 18.8 Å². The van der Waals surface area contributed by atoms with Gasteiger partial charge in [-0.15, -0.1) is 0 Å². The van der Waals surface area contributed by atoms with Crippen molar-refractivity contribution in [3.05, 3.63) is 71.4 Å². The van der Waals surface area contributed by atoms with Crippen LogP contribution in [0.5, 0.6) is 5.75 Å². The molecule has 10 heteroatoms. The van der Waals surface area contributed by atoms with Crippen molar-refractivity contribution < 1.29 is 23.0 Å². The van der Waals surface area contributed by atoms with Crippen LogP contribution in [0.4, 0.5) is 14.7 Å². The first-order chi connectivity index (χ1) is 18.8. The molecule has 204 valence electrons. The molecule has 39 heavy (non-hydrogen) atoms. The van der Waals surface area contributed by atoms with E-state index >= 15 is 0 Å².